The van der Waals surface area contributed by atoms with Gasteiger partial charge < -0.3 is 10.1 Å². The van der Waals surface area contributed by atoms with Crippen LogP contribution in [0, 0.1) is 6.92 Å². The lowest BCUT2D eigenvalue weighted by Gasteiger charge is -2.06. The number of fused-ring (bicyclic) bond motifs is 1. The molecule has 1 heterocycles. The second-order valence-corrected chi connectivity index (χ2v) is 4.77. The Bertz CT molecular complexity index is 716. The van der Waals surface area contributed by atoms with Crippen molar-refractivity contribution in [1.29, 1.82) is 0 Å². The van der Waals surface area contributed by atoms with Crippen LogP contribution in [0.1, 0.15) is 11.1 Å². The van der Waals surface area contributed by atoms with Crippen LogP contribution >= 0.6 is 15.9 Å². The minimum absolute atomic E-state index is 0.292. The fourth-order valence-corrected chi connectivity index (χ4v) is 2.16. The van der Waals surface area contributed by atoms with Crippen LogP contribution in [-0.2, 0) is 4.79 Å². The van der Waals surface area contributed by atoms with Gasteiger partial charge in [-0.15, -0.1) is 0 Å². The summed E-state index contributed by atoms with van der Waals surface area (Å²) in [6.07, 6.45) is 2.28. The number of H-pyrrole nitrogens is 1. The van der Waals surface area contributed by atoms with Gasteiger partial charge in [-0.25, -0.2) is 4.79 Å². The zero-order valence-electron chi connectivity index (χ0n) is 9.53. The van der Waals surface area contributed by atoms with E-state index in [9.17, 15) is 9.59 Å². The lowest BCUT2D eigenvalue weighted by molar-refractivity contribution is -0.131. The fourth-order valence-electron chi connectivity index (χ4n) is 1.80. The molecule has 1 aromatic carbocycles. The van der Waals surface area contributed by atoms with E-state index in [2.05, 4.69) is 20.9 Å². The van der Waals surface area contributed by atoms with Crippen LogP contribution in [0.3, 0.4) is 0 Å². The summed E-state index contributed by atoms with van der Waals surface area (Å²) in [4.78, 5) is 25.1. The molecule has 1 aromatic heterocycles. The molecule has 0 radical (unpaired) electrons. The van der Waals surface area contributed by atoms with Crippen molar-refractivity contribution in [2.24, 2.45) is 0 Å². The summed E-state index contributed by atoms with van der Waals surface area (Å²) in [6, 6.07) is 5.53. The van der Waals surface area contributed by atoms with E-state index in [1.54, 1.807) is 13.0 Å². The Morgan fingerprint density at radius 3 is 2.83 bits per heavy atom. The van der Waals surface area contributed by atoms with Gasteiger partial charge in [-0.2, -0.15) is 0 Å². The van der Waals surface area contributed by atoms with E-state index in [-0.39, 0.29) is 5.56 Å². The van der Waals surface area contributed by atoms with Crippen molar-refractivity contribution >= 4 is 38.9 Å². The number of benzene rings is 1. The first-order chi connectivity index (χ1) is 8.49. The third kappa shape index (κ3) is 2.36. The van der Waals surface area contributed by atoms with Gasteiger partial charge in [-0.1, -0.05) is 15.9 Å². The molecule has 0 aliphatic carbocycles. The lowest BCUT2D eigenvalue weighted by atomic mass is 10.0. The highest BCUT2D eigenvalue weighted by Gasteiger charge is 2.07. The third-order valence-corrected chi connectivity index (χ3v) is 3.17. The van der Waals surface area contributed by atoms with Gasteiger partial charge in [0.15, 0.2) is 0 Å². The Kier molecular flexibility index (Phi) is 3.34. The molecule has 2 N–H and O–H groups in total. The molecule has 4 nitrogen and oxygen atoms in total. The van der Waals surface area contributed by atoms with Crippen LogP contribution in [0.4, 0.5) is 0 Å². The number of rotatable bonds is 2. The molecule has 92 valence electrons. The molecule has 5 heteroatoms. The zero-order valence-corrected chi connectivity index (χ0v) is 11.1. The predicted molar refractivity (Wildman–Crippen MR) is 73.7 cm³/mol. The molecule has 0 amide bonds. The van der Waals surface area contributed by atoms with Crippen molar-refractivity contribution in [3.63, 3.8) is 0 Å². The largest absolute Gasteiger partial charge is 0.478 e. The summed E-state index contributed by atoms with van der Waals surface area (Å²) in [6.45, 7) is 1.80. The smallest absolute Gasteiger partial charge is 0.328 e. The first-order valence-electron chi connectivity index (χ1n) is 5.22. The van der Waals surface area contributed by atoms with E-state index in [0.29, 0.717) is 5.56 Å². The first kappa shape index (κ1) is 12.6. The summed E-state index contributed by atoms with van der Waals surface area (Å²) >= 11 is 3.37. The SMILES string of the molecule is Cc1c(/C=C/C(=O)O)c(=O)[nH]c2ccc(Br)cc12. The Morgan fingerprint density at radius 1 is 1.44 bits per heavy atom. The van der Waals surface area contributed by atoms with Crippen molar-refractivity contribution < 1.29 is 9.90 Å². The zero-order chi connectivity index (χ0) is 13.3. The van der Waals surface area contributed by atoms with Crippen LogP contribution in [0.5, 0.6) is 0 Å². The maximum atomic E-state index is 11.8. The van der Waals surface area contributed by atoms with Crippen molar-refractivity contribution in [3.05, 3.63) is 50.2 Å². The number of aryl methyl sites for hydroxylation is 1. The number of carboxylic acid groups (broad SMARTS) is 1. The number of aliphatic carboxylic acids is 1. The third-order valence-electron chi connectivity index (χ3n) is 2.68. The first-order valence-corrected chi connectivity index (χ1v) is 6.01. The van der Waals surface area contributed by atoms with Crippen molar-refractivity contribution in [3.8, 4) is 0 Å². The molecule has 0 fully saturated rings. The Balaban J connectivity index is 2.75. The van der Waals surface area contributed by atoms with E-state index in [1.807, 2.05) is 12.1 Å². The predicted octanol–water partition coefficient (Wildman–Crippen LogP) is 2.70. The molecule has 0 aliphatic heterocycles. The second-order valence-electron chi connectivity index (χ2n) is 3.85. The number of aromatic amines is 1. The molecule has 0 bridgehead atoms. The maximum absolute atomic E-state index is 11.8. The monoisotopic (exact) mass is 307 g/mol. The highest BCUT2D eigenvalue weighted by molar-refractivity contribution is 9.10. The molecule has 0 spiro atoms. The Hall–Kier alpha value is -1.88. The van der Waals surface area contributed by atoms with E-state index in [1.165, 1.54) is 6.08 Å². The number of carbonyl (C=O) groups is 1. The van der Waals surface area contributed by atoms with Gasteiger partial charge in [-0.05, 0) is 36.8 Å². The molecule has 0 aliphatic rings. The second kappa shape index (κ2) is 4.78. The number of nitrogens with one attached hydrogen (secondary N) is 1. The highest BCUT2D eigenvalue weighted by Crippen LogP contribution is 2.22. The highest BCUT2D eigenvalue weighted by atomic mass is 79.9. The van der Waals surface area contributed by atoms with E-state index >= 15 is 0 Å². The quantitative estimate of drug-likeness (QED) is 0.838. The average molecular weight is 308 g/mol. The summed E-state index contributed by atoms with van der Waals surface area (Å²) < 4.78 is 0.901. The maximum Gasteiger partial charge on any atom is 0.328 e. The number of carboxylic acids is 1. The Morgan fingerprint density at radius 2 is 2.17 bits per heavy atom. The minimum Gasteiger partial charge on any atom is -0.478 e. The summed E-state index contributed by atoms with van der Waals surface area (Å²) in [5.41, 5.74) is 1.56. The minimum atomic E-state index is -1.08. The van der Waals surface area contributed by atoms with Crippen molar-refractivity contribution in [2.45, 2.75) is 6.92 Å². The van der Waals surface area contributed by atoms with Crippen molar-refractivity contribution in [1.82, 2.24) is 4.98 Å². The van der Waals surface area contributed by atoms with Crippen LogP contribution < -0.4 is 5.56 Å². The van der Waals surface area contributed by atoms with Gasteiger partial charge in [0.05, 0.1) is 0 Å². The van der Waals surface area contributed by atoms with Crippen LogP contribution in [0.2, 0.25) is 0 Å². The van der Waals surface area contributed by atoms with Gasteiger partial charge in [0.2, 0.25) is 0 Å². The number of hydrogen-bond acceptors (Lipinski definition) is 2. The van der Waals surface area contributed by atoms with Gasteiger partial charge in [0.1, 0.15) is 0 Å². The topological polar surface area (TPSA) is 70.2 Å². The summed E-state index contributed by atoms with van der Waals surface area (Å²) in [5, 5.41) is 9.49. The molecule has 2 aromatic rings. The average Bonchev–Trinajstić information content (AvgIpc) is 2.30. The van der Waals surface area contributed by atoms with E-state index in [4.69, 9.17) is 5.11 Å². The molecule has 0 saturated carbocycles. The van der Waals surface area contributed by atoms with E-state index < -0.39 is 5.97 Å². The molecule has 0 saturated heterocycles. The number of pyridine rings is 1. The van der Waals surface area contributed by atoms with E-state index in [0.717, 1.165) is 27.0 Å². The van der Waals surface area contributed by atoms with Gasteiger partial charge in [0, 0.05) is 27.0 Å². The molecule has 0 unspecified atom stereocenters. The van der Waals surface area contributed by atoms with Crippen molar-refractivity contribution in [2.75, 3.05) is 0 Å². The normalized spacial score (nSPS) is 11.2. The van der Waals surface area contributed by atoms with Crippen LogP contribution in [-0.4, -0.2) is 16.1 Å². The molecule has 18 heavy (non-hydrogen) atoms. The number of hydrogen-bond donors (Lipinski definition) is 2. The van der Waals surface area contributed by atoms with Gasteiger partial charge in [-0.3, -0.25) is 4.79 Å². The molecular weight excluding hydrogens is 298 g/mol. The number of halogens is 1. The molecule has 2 rings (SSSR count). The van der Waals surface area contributed by atoms with Gasteiger partial charge in [0.25, 0.3) is 5.56 Å². The molecular formula is C13H10BrNO3. The summed E-state index contributed by atoms with van der Waals surface area (Å²) in [5.74, 6) is -1.08. The summed E-state index contributed by atoms with van der Waals surface area (Å²) in [7, 11) is 0. The lowest BCUT2D eigenvalue weighted by Crippen LogP contribution is -2.11. The standard InChI is InChI=1S/C13H10BrNO3/c1-7-9(3-5-12(16)17)13(18)15-11-4-2-8(14)6-10(7)11/h2-6H,1H3,(H,15,18)(H,16,17)/b5-3+. The fraction of sp³-hybridized carbons (Fsp3) is 0.0769. The Labute approximate surface area is 111 Å². The van der Waals surface area contributed by atoms with Crippen LogP contribution in [0.15, 0.2) is 33.5 Å². The number of aromatic nitrogens is 1. The van der Waals surface area contributed by atoms with Gasteiger partial charge >= 0.3 is 5.97 Å². The van der Waals surface area contributed by atoms with Crippen LogP contribution in [0.25, 0.3) is 17.0 Å². The molecule has 0 atom stereocenters.